The molecule has 0 saturated carbocycles. The minimum atomic E-state index is -1.75. The van der Waals surface area contributed by atoms with Gasteiger partial charge in [0.15, 0.2) is 0 Å². The molecular weight excluding hydrogens is 253 g/mol. The fraction of sp³-hybridized carbons (Fsp3) is 0.778. The van der Waals surface area contributed by atoms with Crippen LogP contribution in [0.15, 0.2) is 12.7 Å². The van der Waals surface area contributed by atoms with Gasteiger partial charge in [0.2, 0.25) is 0 Å². The Kier molecular flexibility index (Phi) is 9.46. The molecule has 0 aliphatic rings. The minimum Gasteiger partial charge on any atom is -0.224 e. The Morgan fingerprint density at radius 1 is 1.31 bits per heavy atom. The van der Waals surface area contributed by atoms with Crippen LogP contribution in [0.3, 0.4) is 0 Å². The maximum atomic E-state index is 5.43. The number of hydrogen-bond donors (Lipinski definition) is 0. The molecule has 0 aliphatic heterocycles. The van der Waals surface area contributed by atoms with E-state index in [-0.39, 0.29) is 18.7 Å². The van der Waals surface area contributed by atoms with E-state index in [1.807, 2.05) is 27.7 Å². The lowest BCUT2D eigenvalue weighted by Gasteiger charge is -2.29. The molecule has 1 atom stereocenters. The lowest BCUT2D eigenvalue weighted by molar-refractivity contribution is -0.225. The molecule has 0 saturated heterocycles. The van der Waals surface area contributed by atoms with Crippen molar-refractivity contribution in [1.82, 2.24) is 5.06 Å². The van der Waals surface area contributed by atoms with Crippen LogP contribution in [-0.4, -0.2) is 23.8 Å². The molecule has 7 heteroatoms. The van der Waals surface area contributed by atoms with Crippen molar-refractivity contribution >= 4 is 20.5 Å². The topological polar surface area (TPSA) is 40.2 Å². The van der Waals surface area contributed by atoms with Gasteiger partial charge in [0.05, 0.1) is 11.9 Å². The molecule has 96 valence electrons. The first-order valence-corrected chi connectivity index (χ1v) is 6.39. The molecule has 0 spiro atoms. The van der Waals surface area contributed by atoms with Gasteiger partial charge in [-0.3, -0.25) is 0 Å². The smallest absolute Gasteiger partial charge is 0.224 e. The molecule has 16 heavy (non-hydrogen) atoms. The zero-order chi connectivity index (χ0) is 12.6. The zero-order valence-electron chi connectivity index (χ0n) is 10.1. The van der Waals surface area contributed by atoms with Crippen molar-refractivity contribution in [2.45, 2.75) is 39.8 Å². The van der Waals surface area contributed by atoms with Crippen molar-refractivity contribution in [3.8, 4) is 0 Å². The molecule has 0 aromatic carbocycles. The number of hydrogen-bond acceptors (Lipinski definition) is 5. The van der Waals surface area contributed by atoms with Crippen LogP contribution in [0.25, 0.3) is 0 Å². The molecule has 0 N–H and O–H groups in total. The Bertz CT molecular complexity index is 186. The molecule has 1 unspecified atom stereocenters. The van der Waals surface area contributed by atoms with E-state index in [9.17, 15) is 0 Å². The lowest BCUT2D eigenvalue weighted by Crippen LogP contribution is -2.35. The van der Waals surface area contributed by atoms with E-state index in [0.29, 0.717) is 0 Å². The molecular formula is C9H19ClNO4P. The second kappa shape index (κ2) is 9.31. The molecule has 0 aromatic heterocycles. The Balaban J connectivity index is 4.10. The molecule has 0 aromatic rings. The summed E-state index contributed by atoms with van der Waals surface area (Å²) in [6, 6.07) is 0.361. The molecule has 0 radical (unpaired) electrons. The highest BCUT2D eigenvalue weighted by Crippen LogP contribution is 2.43. The Labute approximate surface area is 103 Å². The van der Waals surface area contributed by atoms with Crippen LogP contribution in [0, 0.1) is 0 Å². The largest absolute Gasteiger partial charge is 0.398 e. The van der Waals surface area contributed by atoms with E-state index in [1.165, 1.54) is 0 Å². The first kappa shape index (κ1) is 16.3. The van der Waals surface area contributed by atoms with Crippen LogP contribution in [0.4, 0.5) is 0 Å². The van der Waals surface area contributed by atoms with E-state index in [4.69, 9.17) is 26.1 Å². The van der Waals surface area contributed by atoms with Crippen LogP contribution in [-0.2, 0) is 18.3 Å². The number of nitrogens with zero attached hydrogens (tertiary/aromatic N) is 1. The van der Waals surface area contributed by atoms with Gasteiger partial charge in [0.25, 0.3) is 0 Å². The third-order valence-electron chi connectivity index (χ3n) is 1.53. The highest BCUT2D eigenvalue weighted by molar-refractivity contribution is 7.42. The van der Waals surface area contributed by atoms with Gasteiger partial charge in [0.1, 0.15) is 6.61 Å². The Morgan fingerprint density at radius 3 is 2.25 bits per heavy atom. The van der Waals surface area contributed by atoms with Crippen molar-refractivity contribution < 1.29 is 18.3 Å². The number of rotatable bonds is 9. The van der Waals surface area contributed by atoms with Gasteiger partial charge in [0, 0.05) is 12.1 Å². The summed E-state index contributed by atoms with van der Waals surface area (Å²) < 4.78 is 14.8. The van der Waals surface area contributed by atoms with Crippen LogP contribution in [0.1, 0.15) is 27.7 Å². The fourth-order valence-corrected chi connectivity index (χ4v) is 1.92. The normalized spacial score (nSPS) is 13.8. The average Bonchev–Trinajstić information content (AvgIpc) is 2.22. The quantitative estimate of drug-likeness (QED) is 0.211. The summed E-state index contributed by atoms with van der Waals surface area (Å²) in [7, 11) is -1.75. The first-order chi connectivity index (χ1) is 7.52. The van der Waals surface area contributed by atoms with Gasteiger partial charge >= 0.3 is 8.60 Å². The molecule has 0 bridgehead atoms. The zero-order valence-corrected chi connectivity index (χ0v) is 11.7. The van der Waals surface area contributed by atoms with Crippen molar-refractivity contribution in [2.24, 2.45) is 0 Å². The summed E-state index contributed by atoms with van der Waals surface area (Å²) in [6.07, 6.45) is 1.55. The van der Waals surface area contributed by atoms with Crippen molar-refractivity contribution in [3.05, 3.63) is 12.7 Å². The molecule has 0 heterocycles. The summed E-state index contributed by atoms with van der Waals surface area (Å²) in [6.45, 7) is 11.7. The summed E-state index contributed by atoms with van der Waals surface area (Å²) in [5, 5.41) is 1.73. The number of halogens is 1. The Morgan fingerprint density at radius 2 is 1.88 bits per heavy atom. The summed E-state index contributed by atoms with van der Waals surface area (Å²) >= 11 is 5.25. The van der Waals surface area contributed by atoms with E-state index in [0.717, 1.165) is 0 Å². The highest BCUT2D eigenvalue weighted by Gasteiger charge is 2.23. The van der Waals surface area contributed by atoms with E-state index in [2.05, 4.69) is 10.7 Å². The second-order valence-corrected chi connectivity index (χ2v) is 4.88. The molecule has 0 rings (SSSR count). The van der Waals surface area contributed by atoms with Gasteiger partial charge in [-0.25, -0.2) is 9.51 Å². The lowest BCUT2D eigenvalue weighted by atomic mass is 10.3. The maximum Gasteiger partial charge on any atom is 0.398 e. The van der Waals surface area contributed by atoms with Crippen molar-refractivity contribution in [3.63, 3.8) is 0 Å². The molecule has 0 fully saturated rings. The van der Waals surface area contributed by atoms with Gasteiger partial charge in [-0.1, -0.05) is 6.08 Å². The Hall–Kier alpha value is 0.260. The standard InChI is InChI=1S/C9H19ClNO4P/c1-6-7-12-15-16(13-10)14-11(8(2)3)9(4)5/h6,8-9H,1,7H2,2-5H3. The van der Waals surface area contributed by atoms with E-state index < -0.39 is 8.60 Å². The third-order valence-corrected chi connectivity index (χ3v) is 2.53. The number of hydroxylamine groups is 2. The highest BCUT2D eigenvalue weighted by atomic mass is 35.5. The average molecular weight is 272 g/mol. The van der Waals surface area contributed by atoms with E-state index >= 15 is 0 Å². The SMILES string of the molecule is C=CCOOP(OCl)ON(C(C)C)C(C)C. The van der Waals surface area contributed by atoms with Crippen LogP contribution in [0.2, 0.25) is 0 Å². The molecule has 0 amide bonds. The minimum absolute atomic E-state index is 0.180. The predicted octanol–water partition coefficient (Wildman–Crippen LogP) is 3.57. The van der Waals surface area contributed by atoms with Crippen molar-refractivity contribution in [2.75, 3.05) is 6.61 Å². The van der Waals surface area contributed by atoms with Gasteiger partial charge in [-0.2, -0.15) is 13.8 Å². The summed E-state index contributed by atoms with van der Waals surface area (Å²) in [5.41, 5.74) is 0. The van der Waals surface area contributed by atoms with Crippen LogP contribution < -0.4 is 0 Å². The summed E-state index contributed by atoms with van der Waals surface area (Å²) in [4.78, 5) is 4.75. The van der Waals surface area contributed by atoms with Gasteiger partial charge in [-0.15, -0.1) is 6.58 Å². The predicted molar refractivity (Wildman–Crippen MR) is 64.3 cm³/mol. The fourth-order valence-electron chi connectivity index (χ4n) is 1.02. The maximum absolute atomic E-state index is 5.43. The molecule has 0 aliphatic carbocycles. The van der Waals surface area contributed by atoms with Crippen LogP contribution in [0.5, 0.6) is 0 Å². The summed E-state index contributed by atoms with van der Waals surface area (Å²) in [5.74, 6) is 0. The third kappa shape index (κ3) is 6.76. The first-order valence-electron chi connectivity index (χ1n) is 4.98. The van der Waals surface area contributed by atoms with Crippen molar-refractivity contribution in [1.29, 1.82) is 0 Å². The van der Waals surface area contributed by atoms with Gasteiger partial charge < -0.3 is 0 Å². The molecule has 5 nitrogen and oxygen atoms in total. The van der Waals surface area contributed by atoms with E-state index in [1.54, 1.807) is 11.1 Å². The monoisotopic (exact) mass is 271 g/mol. The van der Waals surface area contributed by atoms with Gasteiger partial charge in [-0.05, 0) is 27.7 Å². The van der Waals surface area contributed by atoms with Crippen LogP contribution >= 0.6 is 20.5 Å². The second-order valence-electron chi connectivity index (χ2n) is 3.57.